The Labute approximate surface area is 109 Å². The lowest BCUT2D eigenvalue weighted by Gasteiger charge is -2.25. The van der Waals surface area contributed by atoms with Gasteiger partial charge < -0.3 is 20.6 Å². The van der Waals surface area contributed by atoms with Gasteiger partial charge in [0.25, 0.3) is 0 Å². The molecule has 0 fully saturated rings. The first-order chi connectivity index (χ1) is 8.30. The Bertz CT molecular complexity index is 276. The molecule has 6 heteroatoms. The summed E-state index contributed by atoms with van der Waals surface area (Å²) in [5.41, 5.74) is -0.745. The minimum atomic E-state index is -0.927. The van der Waals surface area contributed by atoms with Gasteiger partial charge in [-0.15, -0.1) is 0 Å². The van der Waals surface area contributed by atoms with Crippen molar-refractivity contribution in [3.63, 3.8) is 0 Å². The molecule has 106 valence electrons. The van der Waals surface area contributed by atoms with E-state index in [1.54, 1.807) is 13.8 Å². The van der Waals surface area contributed by atoms with E-state index in [9.17, 15) is 9.59 Å². The van der Waals surface area contributed by atoms with Crippen LogP contribution in [0, 0.1) is 0 Å². The number of aliphatic carboxylic acids is 1. The lowest BCUT2D eigenvalue weighted by molar-refractivity contribution is -0.138. The highest BCUT2D eigenvalue weighted by atomic mass is 16.4. The van der Waals surface area contributed by atoms with Gasteiger partial charge in [0.2, 0.25) is 0 Å². The number of carboxylic acids is 1. The predicted molar refractivity (Wildman–Crippen MR) is 70.7 cm³/mol. The van der Waals surface area contributed by atoms with E-state index in [0.717, 1.165) is 19.6 Å². The van der Waals surface area contributed by atoms with E-state index in [2.05, 4.69) is 29.4 Å². The molecule has 0 bridgehead atoms. The average molecular weight is 259 g/mol. The molecule has 18 heavy (non-hydrogen) atoms. The number of hydrogen-bond donors (Lipinski definition) is 3. The Balaban J connectivity index is 3.93. The molecule has 6 nitrogen and oxygen atoms in total. The van der Waals surface area contributed by atoms with Crippen LogP contribution in [-0.4, -0.2) is 53.7 Å². The van der Waals surface area contributed by atoms with Crippen molar-refractivity contribution in [2.24, 2.45) is 0 Å². The summed E-state index contributed by atoms with van der Waals surface area (Å²) >= 11 is 0. The van der Waals surface area contributed by atoms with E-state index in [4.69, 9.17) is 5.11 Å². The van der Waals surface area contributed by atoms with Crippen LogP contribution in [-0.2, 0) is 4.79 Å². The molecule has 0 saturated carbocycles. The molecule has 0 saturated heterocycles. The zero-order valence-electron chi connectivity index (χ0n) is 11.7. The van der Waals surface area contributed by atoms with Crippen molar-refractivity contribution in [2.75, 3.05) is 26.2 Å². The van der Waals surface area contributed by atoms with Gasteiger partial charge in [-0.3, -0.25) is 4.79 Å². The molecule has 0 aliphatic rings. The third-order valence-corrected chi connectivity index (χ3v) is 2.65. The Hall–Kier alpha value is -1.30. The van der Waals surface area contributed by atoms with E-state index in [1.807, 2.05) is 0 Å². The summed E-state index contributed by atoms with van der Waals surface area (Å²) in [6.07, 6.45) is -0.101. The van der Waals surface area contributed by atoms with Gasteiger partial charge in [-0.2, -0.15) is 0 Å². The van der Waals surface area contributed by atoms with Crippen molar-refractivity contribution in [1.82, 2.24) is 15.5 Å². The smallest absolute Gasteiger partial charge is 0.315 e. The van der Waals surface area contributed by atoms with E-state index in [0.29, 0.717) is 6.54 Å². The van der Waals surface area contributed by atoms with Gasteiger partial charge >= 0.3 is 12.0 Å². The van der Waals surface area contributed by atoms with Crippen molar-refractivity contribution in [3.8, 4) is 0 Å². The maximum Gasteiger partial charge on any atom is 0.315 e. The molecular formula is C12H25N3O3. The number of nitrogens with one attached hydrogen (secondary N) is 2. The highest BCUT2D eigenvalue weighted by molar-refractivity contribution is 5.76. The van der Waals surface area contributed by atoms with Crippen LogP contribution in [0.5, 0.6) is 0 Å². The van der Waals surface area contributed by atoms with E-state index in [1.165, 1.54) is 0 Å². The first kappa shape index (κ1) is 16.7. The molecule has 0 rings (SSSR count). The Morgan fingerprint density at radius 2 is 1.78 bits per heavy atom. The van der Waals surface area contributed by atoms with Gasteiger partial charge in [0.1, 0.15) is 0 Å². The quantitative estimate of drug-likeness (QED) is 0.604. The second-order valence-electron chi connectivity index (χ2n) is 4.86. The predicted octanol–water partition coefficient (Wildman–Crippen LogP) is 0.881. The summed E-state index contributed by atoms with van der Waals surface area (Å²) < 4.78 is 0. The standard InChI is InChI=1S/C12H25N3O3/c1-5-15(6-2)8-7-13-11(18)14-12(3,4)9-10(16)17/h5-9H2,1-4H3,(H,16,17)(H2,13,14,18). The molecule has 3 N–H and O–H groups in total. The number of carbonyl (C=O) groups excluding carboxylic acids is 1. The topological polar surface area (TPSA) is 81.7 Å². The lowest BCUT2D eigenvalue weighted by Crippen LogP contribution is -2.50. The molecule has 0 spiro atoms. The zero-order chi connectivity index (χ0) is 14.2. The van der Waals surface area contributed by atoms with Crippen LogP contribution in [0.2, 0.25) is 0 Å². The minimum absolute atomic E-state index is 0.101. The van der Waals surface area contributed by atoms with Crippen LogP contribution in [0.25, 0.3) is 0 Å². The van der Waals surface area contributed by atoms with E-state index in [-0.39, 0.29) is 12.5 Å². The maximum absolute atomic E-state index is 11.6. The Kier molecular flexibility index (Phi) is 7.35. The molecular weight excluding hydrogens is 234 g/mol. The minimum Gasteiger partial charge on any atom is -0.481 e. The molecule has 0 atom stereocenters. The number of rotatable bonds is 8. The van der Waals surface area contributed by atoms with Crippen molar-refractivity contribution >= 4 is 12.0 Å². The molecule has 0 radical (unpaired) electrons. The lowest BCUT2D eigenvalue weighted by atomic mass is 10.0. The van der Waals surface area contributed by atoms with Crippen molar-refractivity contribution in [1.29, 1.82) is 0 Å². The SMILES string of the molecule is CCN(CC)CCNC(=O)NC(C)(C)CC(=O)O. The fourth-order valence-electron chi connectivity index (χ4n) is 1.64. The zero-order valence-corrected chi connectivity index (χ0v) is 11.7. The fourth-order valence-corrected chi connectivity index (χ4v) is 1.64. The number of carboxylic acid groups (broad SMARTS) is 1. The third kappa shape index (κ3) is 7.89. The van der Waals surface area contributed by atoms with Gasteiger partial charge in [-0.05, 0) is 26.9 Å². The summed E-state index contributed by atoms with van der Waals surface area (Å²) in [5, 5.41) is 14.1. The van der Waals surface area contributed by atoms with Crippen molar-refractivity contribution in [2.45, 2.75) is 39.7 Å². The van der Waals surface area contributed by atoms with Gasteiger partial charge in [-0.25, -0.2) is 4.79 Å². The van der Waals surface area contributed by atoms with Crippen LogP contribution in [0.15, 0.2) is 0 Å². The van der Waals surface area contributed by atoms with Gasteiger partial charge in [0.05, 0.1) is 6.42 Å². The summed E-state index contributed by atoms with van der Waals surface area (Å²) in [6.45, 7) is 10.8. The van der Waals surface area contributed by atoms with Crippen LogP contribution in [0.3, 0.4) is 0 Å². The second kappa shape index (κ2) is 7.92. The average Bonchev–Trinajstić information content (AvgIpc) is 2.21. The molecule has 0 aliphatic heterocycles. The molecule has 0 aromatic carbocycles. The molecule has 2 amide bonds. The van der Waals surface area contributed by atoms with Gasteiger partial charge in [0, 0.05) is 18.6 Å². The fraction of sp³-hybridized carbons (Fsp3) is 0.833. The number of amides is 2. The summed E-state index contributed by atoms with van der Waals surface area (Å²) in [6, 6.07) is -0.326. The normalized spacial score (nSPS) is 11.4. The van der Waals surface area contributed by atoms with Crippen molar-refractivity contribution in [3.05, 3.63) is 0 Å². The molecule has 0 heterocycles. The summed E-state index contributed by atoms with van der Waals surface area (Å²) in [4.78, 5) is 24.4. The van der Waals surface area contributed by atoms with Crippen LogP contribution in [0.1, 0.15) is 34.1 Å². The maximum atomic E-state index is 11.6. The van der Waals surface area contributed by atoms with Gasteiger partial charge in [0.15, 0.2) is 0 Å². The highest BCUT2D eigenvalue weighted by Crippen LogP contribution is 2.07. The van der Waals surface area contributed by atoms with Crippen LogP contribution in [0.4, 0.5) is 4.79 Å². The number of nitrogens with zero attached hydrogens (tertiary/aromatic N) is 1. The monoisotopic (exact) mass is 259 g/mol. The first-order valence-electron chi connectivity index (χ1n) is 6.31. The van der Waals surface area contributed by atoms with Gasteiger partial charge in [-0.1, -0.05) is 13.8 Å². The molecule has 0 aliphatic carbocycles. The van der Waals surface area contributed by atoms with E-state index < -0.39 is 11.5 Å². The number of hydrogen-bond acceptors (Lipinski definition) is 3. The third-order valence-electron chi connectivity index (χ3n) is 2.65. The Morgan fingerprint density at radius 3 is 2.22 bits per heavy atom. The van der Waals surface area contributed by atoms with Crippen LogP contribution >= 0.6 is 0 Å². The summed E-state index contributed by atoms with van der Waals surface area (Å²) in [5.74, 6) is -0.927. The van der Waals surface area contributed by atoms with Crippen LogP contribution < -0.4 is 10.6 Å². The highest BCUT2D eigenvalue weighted by Gasteiger charge is 2.23. The summed E-state index contributed by atoms with van der Waals surface area (Å²) in [7, 11) is 0. The number of likely N-dealkylation sites (N-methyl/N-ethyl adjacent to an activating group) is 1. The number of urea groups is 1. The molecule has 0 aromatic heterocycles. The second-order valence-corrected chi connectivity index (χ2v) is 4.86. The molecule has 0 aromatic rings. The molecule has 0 unspecified atom stereocenters. The van der Waals surface area contributed by atoms with Crippen molar-refractivity contribution < 1.29 is 14.7 Å². The number of carbonyl (C=O) groups is 2. The Morgan fingerprint density at radius 1 is 1.22 bits per heavy atom. The largest absolute Gasteiger partial charge is 0.481 e. The van der Waals surface area contributed by atoms with E-state index >= 15 is 0 Å². The first-order valence-corrected chi connectivity index (χ1v) is 6.31.